The molecular formula is C16H26N2O3S. The van der Waals surface area contributed by atoms with E-state index in [0.717, 1.165) is 17.7 Å². The molecule has 0 radical (unpaired) electrons. The van der Waals surface area contributed by atoms with Gasteiger partial charge in [0.25, 0.3) is 0 Å². The van der Waals surface area contributed by atoms with E-state index < -0.39 is 10.0 Å². The Kier molecular flexibility index (Phi) is 7.03. The van der Waals surface area contributed by atoms with Gasteiger partial charge in [-0.25, -0.2) is 12.7 Å². The first-order valence-corrected chi connectivity index (χ1v) is 9.44. The Balaban J connectivity index is 2.67. The first-order valence-electron chi connectivity index (χ1n) is 7.59. The van der Waals surface area contributed by atoms with Crippen LogP contribution in [0.4, 0.5) is 5.69 Å². The van der Waals surface area contributed by atoms with Gasteiger partial charge in [-0.3, -0.25) is 4.79 Å². The normalized spacial score (nSPS) is 11.9. The van der Waals surface area contributed by atoms with E-state index >= 15 is 0 Å². The number of hydrogen-bond acceptors (Lipinski definition) is 3. The predicted molar refractivity (Wildman–Crippen MR) is 90.5 cm³/mol. The highest BCUT2D eigenvalue weighted by atomic mass is 32.2. The van der Waals surface area contributed by atoms with Crippen molar-refractivity contribution in [2.45, 2.75) is 39.5 Å². The van der Waals surface area contributed by atoms with Crippen LogP contribution >= 0.6 is 0 Å². The van der Waals surface area contributed by atoms with Gasteiger partial charge in [0.05, 0.1) is 6.26 Å². The molecular weight excluding hydrogens is 300 g/mol. The highest BCUT2D eigenvalue weighted by Crippen LogP contribution is 2.23. The zero-order chi connectivity index (χ0) is 16.8. The molecule has 0 spiro atoms. The Bertz CT molecular complexity index is 597. The largest absolute Gasteiger partial charge is 0.326 e. The molecule has 0 heterocycles. The summed E-state index contributed by atoms with van der Waals surface area (Å²) in [7, 11) is -3.26. The number of nitrogens with zero attached hydrogens (tertiary/aromatic N) is 1. The number of benzene rings is 1. The summed E-state index contributed by atoms with van der Waals surface area (Å²) in [5.41, 5.74) is 1.87. The third kappa shape index (κ3) is 5.77. The molecule has 0 saturated heterocycles. The highest BCUT2D eigenvalue weighted by Gasteiger charge is 2.17. The number of rotatable bonds is 8. The number of sulfonamides is 1. The maximum atomic E-state index is 12.1. The van der Waals surface area contributed by atoms with Crippen LogP contribution < -0.4 is 5.32 Å². The first kappa shape index (κ1) is 18.6. The molecule has 1 amide bonds. The fourth-order valence-corrected chi connectivity index (χ4v) is 3.18. The molecule has 0 aliphatic heterocycles. The smallest absolute Gasteiger partial charge is 0.225 e. The molecule has 1 rings (SSSR count). The van der Waals surface area contributed by atoms with Crippen molar-refractivity contribution in [3.63, 3.8) is 0 Å². The summed E-state index contributed by atoms with van der Waals surface area (Å²) in [5, 5.41) is 2.88. The lowest BCUT2D eigenvalue weighted by Crippen LogP contribution is -2.33. The Morgan fingerprint density at radius 1 is 1.23 bits per heavy atom. The molecule has 0 saturated carbocycles. The topological polar surface area (TPSA) is 66.5 Å². The third-order valence-electron chi connectivity index (χ3n) is 3.39. The standard InChI is InChI=1S/C16H26N2O3S/c1-5-11-18(22(4,20)21)12-10-16(19)17-15-9-7-6-8-14(15)13(2)3/h6-9,13H,5,10-12H2,1-4H3,(H,17,19). The SMILES string of the molecule is CCCN(CCC(=O)Nc1ccccc1C(C)C)S(C)(=O)=O. The Morgan fingerprint density at radius 2 is 1.86 bits per heavy atom. The van der Waals surface area contributed by atoms with E-state index in [1.54, 1.807) is 0 Å². The summed E-state index contributed by atoms with van der Waals surface area (Å²) >= 11 is 0. The summed E-state index contributed by atoms with van der Waals surface area (Å²) < 4.78 is 24.6. The zero-order valence-electron chi connectivity index (χ0n) is 13.8. The molecule has 0 fully saturated rings. The average Bonchev–Trinajstić information content (AvgIpc) is 2.42. The quantitative estimate of drug-likeness (QED) is 0.799. The van der Waals surface area contributed by atoms with Gasteiger partial charge in [-0.15, -0.1) is 0 Å². The Labute approximate surface area is 133 Å². The lowest BCUT2D eigenvalue weighted by Gasteiger charge is -2.19. The minimum absolute atomic E-state index is 0.152. The lowest BCUT2D eigenvalue weighted by atomic mass is 10.0. The van der Waals surface area contributed by atoms with Crippen molar-refractivity contribution < 1.29 is 13.2 Å². The van der Waals surface area contributed by atoms with Gasteiger partial charge in [-0.1, -0.05) is 39.0 Å². The second-order valence-corrected chi connectivity index (χ2v) is 7.68. The second kappa shape index (κ2) is 8.29. The molecule has 1 aromatic carbocycles. The molecule has 124 valence electrons. The van der Waals surface area contributed by atoms with Gasteiger partial charge >= 0.3 is 0 Å². The predicted octanol–water partition coefficient (Wildman–Crippen LogP) is 2.81. The highest BCUT2D eigenvalue weighted by molar-refractivity contribution is 7.88. The lowest BCUT2D eigenvalue weighted by molar-refractivity contribution is -0.116. The molecule has 0 aromatic heterocycles. The van der Waals surface area contributed by atoms with Crippen molar-refractivity contribution in [3.8, 4) is 0 Å². The van der Waals surface area contributed by atoms with Crippen LogP contribution in [0.1, 0.15) is 45.1 Å². The first-order chi connectivity index (χ1) is 10.3. The van der Waals surface area contributed by atoms with Crippen molar-refractivity contribution in [2.75, 3.05) is 24.7 Å². The minimum atomic E-state index is -3.26. The van der Waals surface area contributed by atoms with E-state index in [1.165, 1.54) is 10.6 Å². The summed E-state index contributed by atoms with van der Waals surface area (Å²) in [4.78, 5) is 12.1. The summed E-state index contributed by atoms with van der Waals surface area (Å²) in [6.07, 6.45) is 2.05. The van der Waals surface area contributed by atoms with E-state index in [2.05, 4.69) is 19.2 Å². The van der Waals surface area contributed by atoms with Crippen molar-refractivity contribution in [3.05, 3.63) is 29.8 Å². The van der Waals surface area contributed by atoms with Crippen LogP contribution in [0.2, 0.25) is 0 Å². The number of carbonyl (C=O) groups is 1. The molecule has 1 N–H and O–H groups in total. The van der Waals surface area contributed by atoms with Crippen molar-refractivity contribution in [2.24, 2.45) is 0 Å². The fraction of sp³-hybridized carbons (Fsp3) is 0.562. The number of amides is 1. The van der Waals surface area contributed by atoms with Crippen LogP contribution in [-0.2, 0) is 14.8 Å². The van der Waals surface area contributed by atoms with Gasteiger partial charge in [0.15, 0.2) is 0 Å². The van der Waals surface area contributed by atoms with E-state index in [4.69, 9.17) is 0 Å². The maximum Gasteiger partial charge on any atom is 0.225 e. The molecule has 0 atom stereocenters. The third-order valence-corrected chi connectivity index (χ3v) is 4.69. The zero-order valence-corrected chi connectivity index (χ0v) is 14.6. The van der Waals surface area contributed by atoms with E-state index in [1.807, 2.05) is 31.2 Å². The van der Waals surface area contributed by atoms with Crippen LogP contribution in [0.3, 0.4) is 0 Å². The van der Waals surface area contributed by atoms with Gasteiger partial charge in [0, 0.05) is 25.2 Å². The number of carbonyl (C=O) groups excluding carboxylic acids is 1. The summed E-state index contributed by atoms with van der Waals surface area (Å²) in [5.74, 6) is 0.141. The van der Waals surface area contributed by atoms with Gasteiger partial charge in [-0.2, -0.15) is 0 Å². The van der Waals surface area contributed by atoms with Crippen LogP contribution in [0.25, 0.3) is 0 Å². The van der Waals surface area contributed by atoms with E-state index in [0.29, 0.717) is 12.5 Å². The number of hydrogen-bond donors (Lipinski definition) is 1. The van der Waals surface area contributed by atoms with E-state index in [9.17, 15) is 13.2 Å². The van der Waals surface area contributed by atoms with Crippen molar-refractivity contribution >= 4 is 21.6 Å². The van der Waals surface area contributed by atoms with E-state index in [-0.39, 0.29) is 18.9 Å². The van der Waals surface area contributed by atoms with Crippen molar-refractivity contribution in [1.29, 1.82) is 0 Å². The number of nitrogens with one attached hydrogen (secondary N) is 1. The van der Waals surface area contributed by atoms with Crippen LogP contribution in [0, 0.1) is 0 Å². The molecule has 6 heteroatoms. The van der Waals surface area contributed by atoms with Gasteiger partial charge in [0.1, 0.15) is 0 Å². The molecule has 0 aliphatic rings. The van der Waals surface area contributed by atoms with Crippen LogP contribution in [-0.4, -0.2) is 38.0 Å². The van der Waals surface area contributed by atoms with Crippen LogP contribution in [0.15, 0.2) is 24.3 Å². The molecule has 0 aliphatic carbocycles. The molecule has 5 nitrogen and oxygen atoms in total. The number of para-hydroxylation sites is 1. The van der Waals surface area contributed by atoms with Crippen LogP contribution in [0.5, 0.6) is 0 Å². The van der Waals surface area contributed by atoms with Crippen molar-refractivity contribution in [1.82, 2.24) is 4.31 Å². The maximum absolute atomic E-state index is 12.1. The molecule has 0 unspecified atom stereocenters. The second-order valence-electron chi connectivity index (χ2n) is 5.70. The van der Waals surface area contributed by atoms with Gasteiger partial charge < -0.3 is 5.32 Å². The monoisotopic (exact) mass is 326 g/mol. The summed E-state index contributed by atoms with van der Waals surface area (Å²) in [6.45, 7) is 6.70. The Morgan fingerprint density at radius 3 is 2.41 bits per heavy atom. The van der Waals surface area contributed by atoms with Gasteiger partial charge in [0.2, 0.25) is 15.9 Å². The molecule has 1 aromatic rings. The molecule has 0 bridgehead atoms. The molecule has 22 heavy (non-hydrogen) atoms. The Hall–Kier alpha value is -1.40. The number of anilines is 1. The fourth-order valence-electron chi connectivity index (χ4n) is 2.25. The minimum Gasteiger partial charge on any atom is -0.326 e. The summed E-state index contributed by atoms with van der Waals surface area (Å²) in [6, 6.07) is 7.67. The average molecular weight is 326 g/mol. The van der Waals surface area contributed by atoms with Gasteiger partial charge in [-0.05, 0) is 24.0 Å².